The van der Waals surface area contributed by atoms with Gasteiger partial charge < -0.3 is 10.5 Å². The summed E-state index contributed by atoms with van der Waals surface area (Å²) >= 11 is 0. The maximum absolute atomic E-state index is 11.0. The van der Waals surface area contributed by atoms with Crippen molar-refractivity contribution in [3.05, 3.63) is 97.1 Å². The van der Waals surface area contributed by atoms with Crippen molar-refractivity contribution in [3.63, 3.8) is 0 Å². The summed E-state index contributed by atoms with van der Waals surface area (Å²) in [5.74, 6) is 0.394. The predicted molar refractivity (Wildman–Crippen MR) is 130 cm³/mol. The number of rotatable bonds is 4. The Kier molecular flexibility index (Phi) is 4.08. The predicted octanol–water partition coefficient (Wildman–Crippen LogP) is 6.94. The van der Waals surface area contributed by atoms with Crippen molar-refractivity contribution in [1.29, 1.82) is 0 Å². The molecule has 3 nitrogen and oxygen atoms in total. The average molecular weight is 413 g/mol. The molecule has 0 fully saturated rings. The van der Waals surface area contributed by atoms with Gasteiger partial charge in [0.25, 0.3) is 6.47 Å². The van der Waals surface area contributed by atoms with Crippen molar-refractivity contribution in [2.24, 2.45) is 0 Å². The minimum absolute atomic E-state index is 0.394. The van der Waals surface area contributed by atoms with Crippen LogP contribution in [-0.4, -0.2) is 6.47 Å². The van der Waals surface area contributed by atoms with Gasteiger partial charge in [0.1, 0.15) is 0 Å². The number of carbonyl (C=O) groups excluding carboxylic acids is 1. The van der Waals surface area contributed by atoms with Gasteiger partial charge in [0.2, 0.25) is 0 Å². The first-order valence-electron chi connectivity index (χ1n) is 10.5. The van der Waals surface area contributed by atoms with E-state index in [9.17, 15) is 4.79 Å². The zero-order valence-electron chi connectivity index (χ0n) is 17.2. The van der Waals surface area contributed by atoms with Gasteiger partial charge in [0.15, 0.2) is 5.75 Å². The van der Waals surface area contributed by atoms with E-state index in [0.29, 0.717) is 17.9 Å². The summed E-state index contributed by atoms with van der Waals surface area (Å²) in [6.07, 6.45) is 0. The van der Waals surface area contributed by atoms with Crippen LogP contribution in [0.25, 0.3) is 55.3 Å². The number of fused-ring (bicyclic) bond motifs is 3. The highest BCUT2D eigenvalue weighted by molar-refractivity contribution is 6.19. The smallest absolute Gasteiger partial charge is 0.298 e. The Labute approximate surface area is 185 Å². The Morgan fingerprint density at radius 1 is 0.594 bits per heavy atom. The fourth-order valence-corrected chi connectivity index (χ4v) is 4.84. The first-order valence-corrected chi connectivity index (χ1v) is 10.5. The lowest BCUT2D eigenvalue weighted by Gasteiger charge is -2.12. The molecule has 0 spiro atoms. The second-order valence-corrected chi connectivity index (χ2v) is 7.95. The van der Waals surface area contributed by atoms with Crippen LogP contribution in [-0.2, 0) is 4.79 Å². The van der Waals surface area contributed by atoms with Crippen LogP contribution in [0.1, 0.15) is 0 Å². The highest BCUT2D eigenvalue weighted by Crippen LogP contribution is 2.52. The van der Waals surface area contributed by atoms with Crippen molar-refractivity contribution >= 4 is 22.9 Å². The Bertz CT molecular complexity index is 1520. The van der Waals surface area contributed by atoms with Gasteiger partial charge in [-0.25, -0.2) is 0 Å². The summed E-state index contributed by atoms with van der Waals surface area (Å²) in [5.41, 5.74) is 16.0. The van der Waals surface area contributed by atoms with E-state index < -0.39 is 0 Å². The second kappa shape index (κ2) is 7.10. The van der Waals surface area contributed by atoms with Crippen LogP contribution < -0.4 is 10.5 Å². The second-order valence-electron chi connectivity index (χ2n) is 7.95. The lowest BCUT2D eigenvalue weighted by molar-refractivity contribution is -0.120. The summed E-state index contributed by atoms with van der Waals surface area (Å²) in [5, 5.41) is 2.01. The summed E-state index contributed by atoms with van der Waals surface area (Å²) in [6, 6.07) is 33.5. The van der Waals surface area contributed by atoms with E-state index in [2.05, 4.69) is 72.8 Å². The van der Waals surface area contributed by atoms with E-state index in [4.69, 9.17) is 10.5 Å². The minimum atomic E-state index is 0.394. The normalized spacial score (nSPS) is 11.4. The van der Waals surface area contributed by atoms with Gasteiger partial charge in [-0.05, 0) is 62.0 Å². The molecule has 5 aromatic rings. The van der Waals surface area contributed by atoms with Gasteiger partial charge in [-0.15, -0.1) is 0 Å². The Balaban J connectivity index is 1.57. The van der Waals surface area contributed by atoms with Crippen LogP contribution in [0.2, 0.25) is 0 Å². The molecule has 0 aliphatic heterocycles. The zero-order chi connectivity index (χ0) is 21.7. The summed E-state index contributed by atoms with van der Waals surface area (Å²) in [7, 11) is 0. The van der Waals surface area contributed by atoms with Crippen molar-refractivity contribution in [3.8, 4) is 50.3 Å². The molecule has 0 aromatic heterocycles. The summed E-state index contributed by atoms with van der Waals surface area (Å²) in [4.78, 5) is 11.0. The van der Waals surface area contributed by atoms with Crippen LogP contribution in [0.4, 0.5) is 5.69 Å². The van der Waals surface area contributed by atoms with Crippen LogP contribution in [0.5, 0.6) is 5.75 Å². The first-order chi connectivity index (χ1) is 15.8. The number of carbonyl (C=O) groups is 1. The van der Waals surface area contributed by atoms with Crippen LogP contribution >= 0.6 is 0 Å². The van der Waals surface area contributed by atoms with Gasteiger partial charge in [0.05, 0.1) is 5.69 Å². The van der Waals surface area contributed by atoms with Gasteiger partial charge in [-0.2, -0.15) is 0 Å². The van der Waals surface area contributed by atoms with E-state index in [1.54, 1.807) is 0 Å². The maximum Gasteiger partial charge on any atom is 0.298 e. The molecule has 0 amide bonds. The number of anilines is 1. The van der Waals surface area contributed by atoms with Gasteiger partial charge in [-0.3, -0.25) is 4.79 Å². The van der Waals surface area contributed by atoms with E-state index >= 15 is 0 Å². The van der Waals surface area contributed by atoms with Crippen molar-refractivity contribution in [2.45, 2.75) is 0 Å². The average Bonchev–Trinajstić information content (AvgIpc) is 3.17. The van der Waals surface area contributed by atoms with Gasteiger partial charge in [0, 0.05) is 5.39 Å². The Morgan fingerprint density at radius 2 is 1.31 bits per heavy atom. The fraction of sp³-hybridized carbons (Fsp3) is 0. The number of ether oxygens (including phenoxy) is 1. The maximum atomic E-state index is 11.0. The molecule has 2 N–H and O–H groups in total. The first kappa shape index (κ1) is 18.4. The SMILES string of the molecule is Nc1c(OC=O)cc2c3c(cccc13)-c1cc(-c3ccccc3-c3ccccc3)ccc1-2. The molecule has 1 aliphatic rings. The lowest BCUT2D eigenvalue weighted by Crippen LogP contribution is -1.96. The highest BCUT2D eigenvalue weighted by Gasteiger charge is 2.25. The summed E-state index contributed by atoms with van der Waals surface area (Å²) < 4.78 is 5.18. The third kappa shape index (κ3) is 2.65. The molecule has 0 bridgehead atoms. The van der Waals surface area contributed by atoms with E-state index in [-0.39, 0.29) is 0 Å². The molecule has 0 atom stereocenters. The van der Waals surface area contributed by atoms with E-state index in [0.717, 1.165) is 38.6 Å². The van der Waals surface area contributed by atoms with Gasteiger partial charge in [-0.1, -0.05) is 84.9 Å². The molecule has 0 saturated heterocycles. The molecule has 3 heteroatoms. The third-order valence-corrected chi connectivity index (χ3v) is 6.26. The molecule has 1 aliphatic carbocycles. The number of benzene rings is 5. The molecule has 152 valence electrons. The molecular formula is C29H19NO2. The lowest BCUT2D eigenvalue weighted by atomic mass is 9.92. The molecule has 6 rings (SSSR count). The monoisotopic (exact) mass is 413 g/mol. The summed E-state index contributed by atoms with van der Waals surface area (Å²) in [6.45, 7) is 0.424. The van der Waals surface area contributed by atoms with Crippen LogP contribution in [0.3, 0.4) is 0 Å². The molecule has 32 heavy (non-hydrogen) atoms. The molecule has 5 aromatic carbocycles. The standard InChI is InChI=1S/C29H19NO2/c30-29-24-12-6-11-23-25-15-19(13-14-22(25)26(28(23)24)16-27(29)32-17-31)21-10-5-4-9-20(21)18-7-2-1-3-8-18/h1-17H,30H2. The van der Waals surface area contributed by atoms with Crippen LogP contribution in [0.15, 0.2) is 97.1 Å². The van der Waals surface area contributed by atoms with Crippen LogP contribution in [0, 0.1) is 0 Å². The number of nitrogen functional groups attached to an aromatic ring is 1. The Hall–Kier alpha value is -4.37. The fourth-order valence-electron chi connectivity index (χ4n) is 4.84. The quantitative estimate of drug-likeness (QED) is 0.252. The van der Waals surface area contributed by atoms with Gasteiger partial charge >= 0.3 is 0 Å². The molecule has 0 radical (unpaired) electrons. The largest absolute Gasteiger partial charge is 0.426 e. The minimum Gasteiger partial charge on any atom is -0.426 e. The number of nitrogens with two attached hydrogens (primary N) is 1. The molecule has 0 heterocycles. The number of hydrogen-bond donors (Lipinski definition) is 1. The van der Waals surface area contributed by atoms with Crippen molar-refractivity contribution in [1.82, 2.24) is 0 Å². The number of hydrogen-bond acceptors (Lipinski definition) is 3. The molecule has 0 unspecified atom stereocenters. The zero-order valence-corrected chi connectivity index (χ0v) is 17.2. The third-order valence-electron chi connectivity index (χ3n) is 6.26. The highest BCUT2D eigenvalue weighted by atomic mass is 16.5. The van der Waals surface area contributed by atoms with E-state index in [1.807, 2.05) is 24.3 Å². The molecule has 0 saturated carbocycles. The topological polar surface area (TPSA) is 52.3 Å². The van der Waals surface area contributed by atoms with Crippen molar-refractivity contribution in [2.75, 3.05) is 5.73 Å². The molecular weight excluding hydrogens is 394 g/mol. The van der Waals surface area contributed by atoms with Crippen molar-refractivity contribution < 1.29 is 9.53 Å². The van der Waals surface area contributed by atoms with E-state index in [1.165, 1.54) is 16.7 Å². The Morgan fingerprint density at radius 3 is 2.09 bits per heavy atom.